The fourth-order valence-electron chi connectivity index (χ4n) is 2.72. The van der Waals surface area contributed by atoms with Gasteiger partial charge in [0.05, 0.1) is 12.0 Å². The monoisotopic (exact) mass is 331 g/mol. The van der Waals surface area contributed by atoms with Crippen molar-refractivity contribution >= 4 is 28.5 Å². The molecule has 2 heterocycles. The molecule has 6 heteroatoms. The fraction of sp³-hybridized carbons (Fsp3) is 0.412. The Morgan fingerprint density at radius 1 is 1.39 bits per heavy atom. The summed E-state index contributed by atoms with van der Waals surface area (Å²) >= 11 is 1.50. The summed E-state index contributed by atoms with van der Waals surface area (Å²) in [7, 11) is 1.63. The Balaban J connectivity index is 1.79. The number of amidine groups is 1. The van der Waals surface area contributed by atoms with Crippen molar-refractivity contribution < 1.29 is 9.53 Å². The van der Waals surface area contributed by atoms with Crippen molar-refractivity contribution in [3.8, 4) is 5.75 Å². The highest BCUT2D eigenvalue weighted by molar-refractivity contribution is 8.18. The van der Waals surface area contributed by atoms with Crippen LogP contribution in [0.5, 0.6) is 5.75 Å². The maximum absolute atomic E-state index is 12.7. The van der Waals surface area contributed by atoms with E-state index in [2.05, 4.69) is 22.1 Å². The Kier molecular flexibility index (Phi) is 4.91. The molecule has 122 valence electrons. The van der Waals surface area contributed by atoms with Gasteiger partial charge < -0.3 is 15.0 Å². The maximum atomic E-state index is 12.7. The summed E-state index contributed by atoms with van der Waals surface area (Å²) in [6.45, 7) is 3.95. The highest BCUT2D eigenvalue weighted by Crippen LogP contribution is 2.38. The summed E-state index contributed by atoms with van der Waals surface area (Å²) < 4.78 is 5.14. The van der Waals surface area contributed by atoms with Crippen LogP contribution in [0.1, 0.15) is 26.2 Å². The van der Waals surface area contributed by atoms with E-state index in [1.807, 2.05) is 24.3 Å². The number of ether oxygens (including phenoxy) is 1. The van der Waals surface area contributed by atoms with Gasteiger partial charge in [-0.05, 0) is 48.9 Å². The van der Waals surface area contributed by atoms with Gasteiger partial charge in [0.1, 0.15) is 5.75 Å². The molecule has 0 saturated carbocycles. The van der Waals surface area contributed by atoms with E-state index in [9.17, 15) is 4.79 Å². The van der Waals surface area contributed by atoms with Crippen LogP contribution in [0.4, 0.5) is 5.69 Å². The smallest absolute Gasteiger partial charge is 0.264 e. The predicted molar refractivity (Wildman–Crippen MR) is 94.8 cm³/mol. The number of thioether (sulfide) groups is 1. The molecule has 5 nitrogen and oxygen atoms in total. The number of methoxy groups -OCH3 is 1. The summed E-state index contributed by atoms with van der Waals surface area (Å²) in [6, 6.07) is 7.38. The Morgan fingerprint density at radius 2 is 2.17 bits per heavy atom. The Bertz CT molecular complexity index is 652. The average Bonchev–Trinajstić information content (AvgIpc) is 2.95. The molecule has 0 spiro atoms. The quantitative estimate of drug-likeness (QED) is 0.898. The molecule has 0 radical (unpaired) electrons. The first-order valence-corrected chi connectivity index (χ1v) is 8.73. The zero-order valence-corrected chi connectivity index (χ0v) is 14.3. The number of aliphatic imine (C=N–C) groups is 1. The van der Waals surface area contributed by atoms with Gasteiger partial charge in [0.15, 0.2) is 5.17 Å². The minimum Gasteiger partial charge on any atom is -0.497 e. The van der Waals surface area contributed by atoms with Gasteiger partial charge in [0.2, 0.25) is 0 Å². The lowest BCUT2D eigenvalue weighted by atomic mass is 10.2. The number of anilines is 1. The molecule has 0 aromatic heterocycles. The Morgan fingerprint density at radius 3 is 2.87 bits per heavy atom. The molecule has 1 amide bonds. The van der Waals surface area contributed by atoms with Crippen LogP contribution >= 0.6 is 11.8 Å². The van der Waals surface area contributed by atoms with Gasteiger partial charge in [0.25, 0.3) is 5.91 Å². The third kappa shape index (κ3) is 3.37. The summed E-state index contributed by atoms with van der Waals surface area (Å²) in [5.74, 6) is 0.719. The minimum absolute atomic E-state index is 0.0549. The number of carbonyl (C=O) groups is 1. The van der Waals surface area contributed by atoms with Gasteiger partial charge in [-0.1, -0.05) is 13.3 Å². The number of amides is 1. The van der Waals surface area contributed by atoms with Crippen LogP contribution in [-0.4, -0.2) is 36.2 Å². The molecule has 23 heavy (non-hydrogen) atoms. The predicted octanol–water partition coefficient (Wildman–Crippen LogP) is 3.45. The summed E-state index contributed by atoms with van der Waals surface area (Å²) in [6.07, 6.45) is 2.96. The second-order valence-corrected chi connectivity index (χ2v) is 6.46. The van der Waals surface area contributed by atoms with E-state index in [0.29, 0.717) is 0 Å². The van der Waals surface area contributed by atoms with Gasteiger partial charge in [-0.2, -0.15) is 0 Å². The highest BCUT2D eigenvalue weighted by atomic mass is 32.2. The van der Waals surface area contributed by atoms with Crippen molar-refractivity contribution in [2.45, 2.75) is 26.2 Å². The van der Waals surface area contributed by atoms with Gasteiger partial charge in [-0.25, -0.2) is 0 Å². The number of allylic oxidation sites excluding steroid dienone is 1. The Labute approximate surface area is 140 Å². The second kappa shape index (κ2) is 7.08. The van der Waals surface area contributed by atoms with Crippen LogP contribution in [0, 0.1) is 0 Å². The van der Waals surface area contributed by atoms with E-state index in [1.165, 1.54) is 11.8 Å². The third-order valence-corrected chi connectivity index (χ3v) is 5.00. The van der Waals surface area contributed by atoms with Crippen LogP contribution in [0.2, 0.25) is 0 Å². The number of fused-ring (bicyclic) bond motifs is 1. The number of benzene rings is 1. The summed E-state index contributed by atoms with van der Waals surface area (Å²) in [5, 5.41) is 3.95. The summed E-state index contributed by atoms with van der Waals surface area (Å²) in [5.41, 5.74) is 1.88. The molecule has 0 unspecified atom stereocenters. The first-order valence-electron chi connectivity index (χ1n) is 7.91. The number of hydrogen-bond acceptors (Lipinski definition) is 5. The van der Waals surface area contributed by atoms with Crippen molar-refractivity contribution in [1.29, 1.82) is 0 Å². The van der Waals surface area contributed by atoms with E-state index in [-0.39, 0.29) is 5.91 Å². The van der Waals surface area contributed by atoms with Crippen LogP contribution in [0.3, 0.4) is 0 Å². The highest BCUT2D eigenvalue weighted by Gasteiger charge is 2.33. The van der Waals surface area contributed by atoms with E-state index < -0.39 is 0 Å². The van der Waals surface area contributed by atoms with Crippen molar-refractivity contribution in [2.24, 2.45) is 4.99 Å². The molecule has 0 atom stereocenters. The summed E-state index contributed by atoms with van der Waals surface area (Å²) in [4.78, 5) is 20.2. The van der Waals surface area contributed by atoms with Gasteiger partial charge in [-0.3, -0.25) is 9.79 Å². The van der Waals surface area contributed by atoms with E-state index in [4.69, 9.17) is 4.74 Å². The molecular formula is C17H21N3O2S. The molecule has 1 aromatic rings. The lowest BCUT2D eigenvalue weighted by Crippen LogP contribution is -2.29. The number of rotatable bonds is 5. The standard InChI is InChI=1S/C17H21N3O2S/c1-3-5-14-15(23-17-18-10-4-11-20(14)17)16(21)19-12-6-8-13(22-2)9-7-12/h6-9H,3-5,10-11H2,1-2H3,(H,19,21). The largest absolute Gasteiger partial charge is 0.497 e. The van der Waals surface area contributed by atoms with Crippen molar-refractivity contribution in [2.75, 3.05) is 25.5 Å². The van der Waals surface area contributed by atoms with E-state index >= 15 is 0 Å². The number of carbonyl (C=O) groups excluding carboxylic acids is 1. The lowest BCUT2D eigenvalue weighted by Gasteiger charge is -2.25. The van der Waals surface area contributed by atoms with Crippen molar-refractivity contribution in [3.05, 3.63) is 34.9 Å². The van der Waals surface area contributed by atoms with Crippen molar-refractivity contribution in [1.82, 2.24) is 4.90 Å². The van der Waals surface area contributed by atoms with Crippen molar-refractivity contribution in [3.63, 3.8) is 0 Å². The van der Waals surface area contributed by atoms with Gasteiger partial charge in [0, 0.05) is 24.5 Å². The zero-order chi connectivity index (χ0) is 16.2. The normalized spacial score (nSPS) is 17.0. The first-order chi connectivity index (χ1) is 11.2. The minimum atomic E-state index is -0.0549. The number of nitrogens with one attached hydrogen (secondary N) is 1. The van der Waals surface area contributed by atoms with Gasteiger partial charge >= 0.3 is 0 Å². The van der Waals surface area contributed by atoms with Crippen LogP contribution < -0.4 is 10.1 Å². The van der Waals surface area contributed by atoms with E-state index in [0.717, 1.165) is 59.6 Å². The molecule has 3 rings (SSSR count). The van der Waals surface area contributed by atoms with Crippen LogP contribution in [0.15, 0.2) is 39.9 Å². The molecule has 0 fully saturated rings. The zero-order valence-electron chi connectivity index (χ0n) is 13.5. The SMILES string of the molecule is CCCC1=C(C(=O)Nc2ccc(OC)cc2)SC2=NCCCN21. The van der Waals surface area contributed by atoms with Gasteiger partial charge in [-0.15, -0.1) is 0 Å². The molecule has 0 aliphatic carbocycles. The first kappa shape index (κ1) is 15.9. The topological polar surface area (TPSA) is 53.9 Å². The van der Waals surface area contributed by atoms with E-state index in [1.54, 1.807) is 7.11 Å². The molecule has 2 aliphatic heterocycles. The third-order valence-electron chi connectivity index (χ3n) is 3.84. The number of hydrogen-bond donors (Lipinski definition) is 1. The molecule has 2 aliphatic rings. The van der Waals surface area contributed by atoms with Crippen LogP contribution in [0.25, 0.3) is 0 Å². The molecule has 0 saturated heterocycles. The molecular weight excluding hydrogens is 310 g/mol. The average molecular weight is 331 g/mol. The lowest BCUT2D eigenvalue weighted by molar-refractivity contribution is -0.112. The van der Waals surface area contributed by atoms with Crippen LogP contribution in [-0.2, 0) is 4.79 Å². The Hall–Kier alpha value is -1.95. The maximum Gasteiger partial charge on any atom is 0.264 e. The second-order valence-electron chi connectivity index (χ2n) is 5.48. The molecule has 1 aromatic carbocycles. The fourth-order valence-corrected chi connectivity index (χ4v) is 3.84. The number of nitrogens with zero attached hydrogens (tertiary/aromatic N) is 2. The molecule has 1 N–H and O–H groups in total. The molecule has 0 bridgehead atoms.